The maximum Gasteiger partial charge on any atom is 0.238 e. The Balaban J connectivity index is 2.34. The van der Waals surface area contributed by atoms with E-state index in [2.05, 4.69) is 31.2 Å². The van der Waals surface area contributed by atoms with Crippen molar-refractivity contribution < 1.29 is 4.74 Å². The molecule has 4 nitrogen and oxygen atoms in total. The molecule has 0 radical (unpaired) electrons. The van der Waals surface area contributed by atoms with E-state index in [1.54, 1.807) is 25.2 Å². The van der Waals surface area contributed by atoms with Crippen molar-refractivity contribution in [2.45, 2.75) is 0 Å². The molecule has 1 heterocycles. The fourth-order valence-corrected chi connectivity index (χ4v) is 2.19. The summed E-state index contributed by atoms with van der Waals surface area (Å²) in [5.41, 5.74) is 0. The number of halogens is 3. The van der Waals surface area contributed by atoms with Gasteiger partial charge in [-0.25, -0.2) is 9.97 Å². The van der Waals surface area contributed by atoms with Crippen molar-refractivity contribution >= 4 is 44.9 Å². The van der Waals surface area contributed by atoms with E-state index in [1.165, 1.54) is 6.33 Å². The van der Waals surface area contributed by atoms with Crippen LogP contribution >= 0.6 is 39.1 Å². The summed E-state index contributed by atoms with van der Waals surface area (Å²) in [5.74, 6) is 1.48. The number of nitrogens with one attached hydrogen (secondary N) is 1. The number of anilines is 1. The Morgan fingerprint density at radius 3 is 2.72 bits per heavy atom. The van der Waals surface area contributed by atoms with Gasteiger partial charge in [-0.1, -0.05) is 23.2 Å². The molecule has 0 saturated heterocycles. The predicted molar refractivity (Wildman–Crippen MR) is 75.8 cm³/mol. The van der Waals surface area contributed by atoms with Crippen molar-refractivity contribution in [3.05, 3.63) is 39.0 Å². The Bertz CT molecular complexity index is 580. The quantitative estimate of drug-likeness (QED) is 0.894. The number of hydrogen-bond acceptors (Lipinski definition) is 4. The van der Waals surface area contributed by atoms with E-state index in [4.69, 9.17) is 27.9 Å². The molecular weight excluding hydrogens is 341 g/mol. The fraction of sp³-hybridized carbons (Fsp3) is 0.0909. The number of hydrogen-bond donors (Lipinski definition) is 1. The summed E-state index contributed by atoms with van der Waals surface area (Å²) in [5, 5.41) is 3.88. The molecule has 94 valence electrons. The van der Waals surface area contributed by atoms with E-state index in [0.717, 1.165) is 0 Å². The summed E-state index contributed by atoms with van der Waals surface area (Å²) >= 11 is 15.2. The molecule has 1 aromatic heterocycles. The van der Waals surface area contributed by atoms with E-state index in [9.17, 15) is 0 Å². The topological polar surface area (TPSA) is 47.0 Å². The summed E-state index contributed by atoms with van der Waals surface area (Å²) in [6.07, 6.45) is 1.40. The fourth-order valence-electron chi connectivity index (χ4n) is 1.26. The number of benzene rings is 1. The molecule has 0 amide bonds. The van der Waals surface area contributed by atoms with E-state index in [-0.39, 0.29) is 0 Å². The third kappa shape index (κ3) is 2.85. The van der Waals surface area contributed by atoms with Crippen LogP contribution in [0.5, 0.6) is 11.6 Å². The zero-order chi connectivity index (χ0) is 13.1. The van der Waals surface area contributed by atoms with Crippen LogP contribution in [0.2, 0.25) is 10.0 Å². The van der Waals surface area contributed by atoms with E-state index in [1.807, 2.05) is 0 Å². The largest absolute Gasteiger partial charge is 0.436 e. The average molecular weight is 349 g/mol. The van der Waals surface area contributed by atoms with Gasteiger partial charge < -0.3 is 10.1 Å². The summed E-state index contributed by atoms with van der Waals surface area (Å²) in [6, 6.07) is 4.97. The van der Waals surface area contributed by atoms with Gasteiger partial charge in [-0.15, -0.1) is 0 Å². The summed E-state index contributed by atoms with van der Waals surface area (Å²) in [6.45, 7) is 0. The van der Waals surface area contributed by atoms with E-state index in [0.29, 0.717) is 32.0 Å². The maximum atomic E-state index is 6.02. The van der Waals surface area contributed by atoms with Crippen LogP contribution in [0.3, 0.4) is 0 Å². The van der Waals surface area contributed by atoms with Crippen LogP contribution in [0.15, 0.2) is 29.0 Å². The lowest BCUT2D eigenvalue weighted by Crippen LogP contribution is -1.97. The van der Waals surface area contributed by atoms with Crippen molar-refractivity contribution in [3.63, 3.8) is 0 Å². The molecule has 0 aliphatic carbocycles. The Morgan fingerprint density at radius 1 is 1.28 bits per heavy atom. The van der Waals surface area contributed by atoms with Gasteiger partial charge in [0.1, 0.15) is 22.4 Å². The van der Waals surface area contributed by atoms with Crippen molar-refractivity contribution in [1.29, 1.82) is 0 Å². The van der Waals surface area contributed by atoms with Gasteiger partial charge in [-0.05, 0) is 34.1 Å². The molecule has 2 aromatic rings. The van der Waals surface area contributed by atoms with Gasteiger partial charge in [0.15, 0.2) is 0 Å². The van der Waals surface area contributed by atoms with Crippen LogP contribution < -0.4 is 10.1 Å². The third-order valence-electron chi connectivity index (χ3n) is 2.09. The van der Waals surface area contributed by atoms with Gasteiger partial charge >= 0.3 is 0 Å². The van der Waals surface area contributed by atoms with Gasteiger partial charge in [0.2, 0.25) is 5.88 Å². The Hall–Kier alpha value is -1.04. The lowest BCUT2D eigenvalue weighted by atomic mass is 10.3. The van der Waals surface area contributed by atoms with Crippen molar-refractivity contribution in [2.75, 3.05) is 12.4 Å². The standard InChI is InChI=1S/C11H8BrCl2N3O/c1-15-10-9(12)11(17-5-16-10)18-8-3-2-6(13)4-7(8)14/h2-5H,1H3,(H,15,16,17). The summed E-state index contributed by atoms with van der Waals surface area (Å²) in [7, 11) is 1.76. The summed E-state index contributed by atoms with van der Waals surface area (Å²) < 4.78 is 6.23. The smallest absolute Gasteiger partial charge is 0.238 e. The van der Waals surface area contributed by atoms with Crippen molar-refractivity contribution in [1.82, 2.24) is 9.97 Å². The second-order valence-corrected chi connectivity index (χ2v) is 4.90. The Labute approximate surface area is 122 Å². The first-order valence-corrected chi connectivity index (χ1v) is 6.48. The average Bonchev–Trinajstić information content (AvgIpc) is 2.35. The van der Waals surface area contributed by atoms with Crippen LogP contribution in [0.4, 0.5) is 5.82 Å². The van der Waals surface area contributed by atoms with E-state index >= 15 is 0 Å². The SMILES string of the molecule is CNc1ncnc(Oc2ccc(Cl)cc2Cl)c1Br. The van der Waals surface area contributed by atoms with Crippen LogP contribution in [-0.4, -0.2) is 17.0 Å². The van der Waals surface area contributed by atoms with Crippen molar-refractivity contribution in [3.8, 4) is 11.6 Å². The lowest BCUT2D eigenvalue weighted by Gasteiger charge is -2.10. The highest BCUT2D eigenvalue weighted by Gasteiger charge is 2.11. The zero-order valence-corrected chi connectivity index (χ0v) is 12.3. The molecule has 0 aliphatic rings. The minimum atomic E-state index is 0.374. The third-order valence-corrected chi connectivity index (χ3v) is 3.34. The first-order valence-electron chi connectivity index (χ1n) is 4.93. The first-order chi connectivity index (χ1) is 8.61. The minimum absolute atomic E-state index is 0.374. The second kappa shape index (κ2) is 5.73. The lowest BCUT2D eigenvalue weighted by molar-refractivity contribution is 0.459. The molecule has 0 aliphatic heterocycles. The first kappa shape index (κ1) is 13.4. The minimum Gasteiger partial charge on any atom is -0.436 e. The predicted octanol–water partition coefficient (Wildman–Crippen LogP) is 4.38. The molecule has 0 unspecified atom stereocenters. The van der Waals surface area contributed by atoms with Crippen LogP contribution in [0.25, 0.3) is 0 Å². The molecule has 18 heavy (non-hydrogen) atoms. The van der Waals surface area contributed by atoms with Crippen LogP contribution in [0.1, 0.15) is 0 Å². The molecule has 7 heteroatoms. The van der Waals surface area contributed by atoms with Gasteiger partial charge in [0, 0.05) is 12.1 Å². The highest BCUT2D eigenvalue weighted by molar-refractivity contribution is 9.10. The van der Waals surface area contributed by atoms with Gasteiger partial charge in [0.25, 0.3) is 0 Å². The highest BCUT2D eigenvalue weighted by atomic mass is 79.9. The Morgan fingerprint density at radius 2 is 2.06 bits per heavy atom. The number of aromatic nitrogens is 2. The van der Waals surface area contributed by atoms with Crippen molar-refractivity contribution in [2.24, 2.45) is 0 Å². The van der Waals surface area contributed by atoms with E-state index < -0.39 is 0 Å². The van der Waals surface area contributed by atoms with Crippen LogP contribution in [0, 0.1) is 0 Å². The normalized spacial score (nSPS) is 10.2. The molecule has 0 spiro atoms. The molecule has 1 N–H and O–H groups in total. The number of rotatable bonds is 3. The number of ether oxygens (including phenoxy) is 1. The second-order valence-electron chi connectivity index (χ2n) is 3.27. The van der Waals surface area contributed by atoms with Gasteiger partial charge in [-0.2, -0.15) is 0 Å². The Kier molecular flexibility index (Phi) is 4.27. The molecule has 0 fully saturated rings. The number of nitrogens with zero attached hydrogens (tertiary/aromatic N) is 2. The molecule has 0 saturated carbocycles. The monoisotopic (exact) mass is 347 g/mol. The molecular formula is C11H8BrCl2N3O. The van der Waals surface area contributed by atoms with Gasteiger partial charge in [-0.3, -0.25) is 0 Å². The molecule has 0 atom stereocenters. The van der Waals surface area contributed by atoms with Crippen LogP contribution in [-0.2, 0) is 0 Å². The van der Waals surface area contributed by atoms with Gasteiger partial charge in [0.05, 0.1) is 5.02 Å². The molecule has 2 rings (SSSR count). The highest BCUT2D eigenvalue weighted by Crippen LogP contribution is 2.35. The maximum absolute atomic E-state index is 6.02. The molecule has 1 aromatic carbocycles. The zero-order valence-electron chi connectivity index (χ0n) is 9.25. The molecule has 0 bridgehead atoms. The summed E-state index contributed by atoms with van der Waals surface area (Å²) in [4.78, 5) is 8.07.